The number of carbonyl (C=O) groups excluding carboxylic acids is 2. The molecule has 0 bridgehead atoms. The van der Waals surface area contributed by atoms with Crippen molar-refractivity contribution in [2.45, 2.75) is 25.9 Å². The number of nitrogens with zero attached hydrogens (tertiary/aromatic N) is 1. The fourth-order valence-electron chi connectivity index (χ4n) is 2.14. The summed E-state index contributed by atoms with van der Waals surface area (Å²) in [5, 5.41) is 13.4. The first kappa shape index (κ1) is 15.9. The summed E-state index contributed by atoms with van der Waals surface area (Å²) in [5.41, 5.74) is 0.442. The second-order valence-corrected chi connectivity index (χ2v) is 4.88. The molecule has 1 aromatic carbocycles. The van der Waals surface area contributed by atoms with Crippen LogP contribution in [0, 0.1) is 17.0 Å². The summed E-state index contributed by atoms with van der Waals surface area (Å²) < 4.78 is 9.99. The monoisotopic (exact) mass is 308 g/mol. The van der Waals surface area contributed by atoms with Crippen molar-refractivity contribution in [1.82, 2.24) is 0 Å². The fourth-order valence-corrected chi connectivity index (χ4v) is 2.14. The zero-order valence-electron chi connectivity index (χ0n) is 12.0. The molecule has 1 heterocycles. The van der Waals surface area contributed by atoms with Gasteiger partial charge in [0.05, 0.1) is 4.92 Å². The van der Waals surface area contributed by atoms with Crippen molar-refractivity contribution in [3.8, 4) is 0 Å². The van der Waals surface area contributed by atoms with E-state index in [0.717, 1.165) is 6.42 Å². The minimum atomic E-state index is -0.635. The molecule has 22 heavy (non-hydrogen) atoms. The Bertz CT molecular complexity index is 595. The van der Waals surface area contributed by atoms with Crippen molar-refractivity contribution < 1.29 is 24.0 Å². The maximum absolute atomic E-state index is 11.8. The third kappa shape index (κ3) is 3.79. The number of amides is 1. The van der Waals surface area contributed by atoms with Gasteiger partial charge in [-0.15, -0.1) is 0 Å². The highest BCUT2D eigenvalue weighted by atomic mass is 16.6. The number of nitrogens with one attached hydrogen (secondary N) is 1. The van der Waals surface area contributed by atoms with Crippen molar-refractivity contribution in [3.05, 3.63) is 33.9 Å². The molecule has 0 aliphatic carbocycles. The van der Waals surface area contributed by atoms with Crippen molar-refractivity contribution >= 4 is 23.3 Å². The van der Waals surface area contributed by atoms with Gasteiger partial charge in [-0.1, -0.05) is 12.1 Å². The standard InChI is InChI=1S/C14H16N2O6/c1-9-4-2-5-10(16(19)20)13(9)15-12(17)8-22-14(18)11-6-3-7-21-11/h2,4-5,11H,3,6-8H2,1H3,(H,15,17)/t11-/m1/s1. The molecular weight excluding hydrogens is 292 g/mol. The minimum Gasteiger partial charge on any atom is -0.454 e. The highest BCUT2D eigenvalue weighted by Gasteiger charge is 2.26. The predicted octanol–water partition coefficient (Wildman–Crippen LogP) is 1.56. The number of nitro benzene ring substituents is 1. The predicted molar refractivity (Wildman–Crippen MR) is 76.4 cm³/mol. The summed E-state index contributed by atoms with van der Waals surface area (Å²) in [6, 6.07) is 4.46. The number of carbonyl (C=O) groups is 2. The summed E-state index contributed by atoms with van der Waals surface area (Å²) >= 11 is 0. The highest BCUT2D eigenvalue weighted by Crippen LogP contribution is 2.27. The Morgan fingerprint density at radius 1 is 1.50 bits per heavy atom. The zero-order chi connectivity index (χ0) is 16.1. The summed E-state index contributed by atoms with van der Waals surface area (Å²) in [5.74, 6) is -1.23. The van der Waals surface area contributed by atoms with Crippen LogP contribution in [0.4, 0.5) is 11.4 Å². The van der Waals surface area contributed by atoms with E-state index in [0.29, 0.717) is 18.6 Å². The van der Waals surface area contributed by atoms with Crippen LogP contribution in [0.15, 0.2) is 18.2 Å². The molecule has 1 amide bonds. The lowest BCUT2D eigenvalue weighted by Gasteiger charge is -2.11. The average Bonchev–Trinajstić information content (AvgIpc) is 3.01. The van der Waals surface area contributed by atoms with Crippen LogP contribution in [0.5, 0.6) is 0 Å². The van der Waals surface area contributed by atoms with E-state index in [1.165, 1.54) is 12.1 Å². The smallest absolute Gasteiger partial charge is 0.335 e. The molecule has 0 spiro atoms. The van der Waals surface area contributed by atoms with Gasteiger partial charge >= 0.3 is 5.97 Å². The third-order valence-corrected chi connectivity index (χ3v) is 3.25. The Morgan fingerprint density at radius 2 is 2.27 bits per heavy atom. The molecule has 0 unspecified atom stereocenters. The first-order chi connectivity index (χ1) is 10.5. The SMILES string of the molecule is Cc1cccc([N+](=O)[O-])c1NC(=O)COC(=O)[C@H]1CCCO1. The van der Waals surface area contributed by atoms with Crippen LogP contribution < -0.4 is 5.32 Å². The molecule has 1 fully saturated rings. The Labute approximate surface area is 126 Å². The number of hydrogen-bond donors (Lipinski definition) is 1. The Hall–Kier alpha value is -2.48. The molecular formula is C14H16N2O6. The van der Waals surface area contributed by atoms with Crippen LogP contribution >= 0.6 is 0 Å². The molecule has 1 aliphatic rings. The number of para-hydroxylation sites is 1. The number of esters is 1. The van der Waals surface area contributed by atoms with Crippen molar-refractivity contribution in [2.75, 3.05) is 18.5 Å². The molecule has 8 nitrogen and oxygen atoms in total. The summed E-state index contributed by atoms with van der Waals surface area (Å²) in [4.78, 5) is 33.8. The van der Waals surface area contributed by atoms with Gasteiger partial charge in [0.25, 0.3) is 11.6 Å². The van der Waals surface area contributed by atoms with Gasteiger partial charge in [0.2, 0.25) is 0 Å². The van der Waals surface area contributed by atoms with Gasteiger partial charge in [0, 0.05) is 12.7 Å². The molecule has 118 valence electrons. The summed E-state index contributed by atoms with van der Waals surface area (Å²) in [7, 11) is 0. The van der Waals surface area contributed by atoms with Crippen molar-refractivity contribution in [3.63, 3.8) is 0 Å². The van der Waals surface area contributed by atoms with E-state index in [2.05, 4.69) is 5.32 Å². The van der Waals surface area contributed by atoms with Crippen LogP contribution in [0.25, 0.3) is 0 Å². The number of nitro groups is 1. The molecule has 1 saturated heterocycles. The van der Waals surface area contributed by atoms with Crippen LogP contribution in [0.1, 0.15) is 18.4 Å². The lowest BCUT2D eigenvalue weighted by atomic mass is 10.1. The van der Waals surface area contributed by atoms with E-state index in [-0.39, 0.29) is 11.4 Å². The normalized spacial score (nSPS) is 17.0. The van der Waals surface area contributed by atoms with Gasteiger partial charge in [0.1, 0.15) is 5.69 Å². The van der Waals surface area contributed by atoms with Crippen LogP contribution in [0.2, 0.25) is 0 Å². The molecule has 0 aromatic heterocycles. The highest BCUT2D eigenvalue weighted by molar-refractivity contribution is 5.95. The maximum Gasteiger partial charge on any atom is 0.335 e. The van der Waals surface area contributed by atoms with E-state index in [1.54, 1.807) is 13.0 Å². The molecule has 0 radical (unpaired) electrons. The molecule has 0 saturated carbocycles. The lowest BCUT2D eigenvalue weighted by molar-refractivity contribution is -0.384. The topological polar surface area (TPSA) is 108 Å². The molecule has 8 heteroatoms. The van der Waals surface area contributed by atoms with E-state index in [1.807, 2.05) is 0 Å². The van der Waals surface area contributed by atoms with E-state index in [4.69, 9.17) is 9.47 Å². The third-order valence-electron chi connectivity index (χ3n) is 3.25. The number of aryl methyl sites for hydroxylation is 1. The van der Waals surface area contributed by atoms with Gasteiger partial charge < -0.3 is 14.8 Å². The zero-order valence-corrected chi connectivity index (χ0v) is 12.0. The fraction of sp³-hybridized carbons (Fsp3) is 0.429. The lowest BCUT2D eigenvalue weighted by Crippen LogP contribution is -2.27. The Kier molecular flexibility index (Phi) is 5.05. The molecule has 1 N–H and O–H groups in total. The Morgan fingerprint density at radius 3 is 2.91 bits per heavy atom. The first-order valence-electron chi connectivity index (χ1n) is 6.81. The van der Waals surface area contributed by atoms with Crippen LogP contribution in [-0.4, -0.2) is 36.1 Å². The second-order valence-electron chi connectivity index (χ2n) is 4.88. The molecule has 1 atom stereocenters. The van der Waals surface area contributed by atoms with Gasteiger partial charge in [0.15, 0.2) is 12.7 Å². The number of rotatable bonds is 5. The average molecular weight is 308 g/mol. The molecule has 1 aromatic rings. The maximum atomic E-state index is 11.8. The van der Waals surface area contributed by atoms with E-state index >= 15 is 0 Å². The number of benzene rings is 1. The van der Waals surface area contributed by atoms with Gasteiger partial charge in [-0.3, -0.25) is 14.9 Å². The first-order valence-corrected chi connectivity index (χ1v) is 6.81. The van der Waals surface area contributed by atoms with E-state index < -0.39 is 29.5 Å². The summed E-state index contributed by atoms with van der Waals surface area (Å²) in [6.45, 7) is 1.63. The van der Waals surface area contributed by atoms with Crippen molar-refractivity contribution in [1.29, 1.82) is 0 Å². The van der Waals surface area contributed by atoms with E-state index in [9.17, 15) is 19.7 Å². The van der Waals surface area contributed by atoms with Crippen molar-refractivity contribution in [2.24, 2.45) is 0 Å². The Balaban J connectivity index is 1.95. The quantitative estimate of drug-likeness (QED) is 0.502. The van der Waals surface area contributed by atoms with Crippen LogP contribution in [0.3, 0.4) is 0 Å². The van der Waals surface area contributed by atoms with Crippen LogP contribution in [-0.2, 0) is 19.1 Å². The second kappa shape index (κ2) is 6.99. The molecule has 1 aliphatic heterocycles. The number of hydrogen-bond acceptors (Lipinski definition) is 6. The minimum absolute atomic E-state index is 0.102. The summed E-state index contributed by atoms with van der Waals surface area (Å²) in [6.07, 6.45) is 0.728. The number of ether oxygens (including phenoxy) is 2. The molecule has 2 rings (SSSR count). The largest absolute Gasteiger partial charge is 0.454 e. The van der Waals surface area contributed by atoms with Gasteiger partial charge in [-0.2, -0.15) is 0 Å². The number of anilines is 1. The van der Waals surface area contributed by atoms with Gasteiger partial charge in [-0.05, 0) is 25.3 Å². The van der Waals surface area contributed by atoms with Gasteiger partial charge in [-0.25, -0.2) is 4.79 Å².